The lowest BCUT2D eigenvalue weighted by Crippen LogP contribution is -2.42. The number of hydrogen-bond acceptors (Lipinski definition) is 5. The molecule has 2 rings (SSSR count). The molecule has 2 aromatic rings. The zero-order chi connectivity index (χ0) is 21.2. The number of carbonyl (C=O) groups is 4. The Kier molecular flexibility index (Phi) is 8.02. The van der Waals surface area contributed by atoms with E-state index in [0.29, 0.717) is 12.1 Å². The largest absolute Gasteiger partial charge is 0.447 e. The Morgan fingerprint density at radius 3 is 2.24 bits per heavy atom. The van der Waals surface area contributed by atoms with E-state index in [1.807, 2.05) is 0 Å². The second-order valence-electron chi connectivity index (χ2n) is 6.06. The molecule has 0 aliphatic heterocycles. The monoisotopic (exact) mass is 400 g/mol. The number of carbonyl (C=O) groups excluding carboxylic acids is 4. The summed E-state index contributed by atoms with van der Waals surface area (Å²) in [4.78, 5) is 48.3. The molecule has 0 saturated carbocycles. The molecule has 8 heteroatoms. The fraction of sp³-hybridized carbons (Fsp3) is 0.238. The van der Waals surface area contributed by atoms with Crippen LogP contribution < -0.4 is 10.6 Å². The van der Waals surface area contributed by atoms with E-state index < -0.39 is 29.8 Å². The number of hydrogen-bond donors (Lipinski definition) is 2. The summed E-state index contributed by atoms with van der Waals surface area (Å²) in [7, 11) is 0. The minimum Gasteiger partial charge on any atom is -0.447 e. The van der Waals surface area contributed by atoms with Crippen molar-refractivity contribution in [1.82, 2.24) is 10.6 Å². The van der Waals surface area contributed by atoms with Gasteiger partial charge in [0.15, 0.2) is 5.78 Å². The zero-order valence-electron chi connectivity index (χ0n) is 15.8. The molecule has 0 heterocycles. The molecule has 152 valence electrons. The fourth-order valence-corrected chi connectivity index (χ4v) is 2.47. The van der Waals surface area contributed by atoms with Crippen LogP contribution in [0.2, 0.25) is 0 Å². The lowest BCUT2D eigenvalue weighted by molar-refractivity contribution is -0.156. The number of halogens is 1. The number of Topliss-reactive ketones (excluding diaryl/α,β-unsaturated/α-hetero) is 1. The van der Waals surface area contributed by atoms with E-state index in [1.54, 1.807) is 37.3 Å². The normalized spacial score (nSPS) is 11.2. The molecule has 2 aromatic carbocycles. The molecule has 0 unspecified atom stereocenters. The van der Waals surface area contributed by atoms with Gasteiger partial charge in [-0.25, -0.2) is 9.18 Å². The van der Waals surface area contributed by atoms with E-state index in [2.05, 4.69) is 10.6 Å². The van der Waals surface area contributed by atoms with Crippen molar-refractivity contribution in [2.75, 3.05) is 6.54 Å². The zero-order valence-corrected chi connectivity index (χ0v) is 15.8. The van der Waals surface area contributed by atoms with Crippen LogP contribution in [-0.4, -0.2) is 30.2 Å². The van der Waals surface area contributed by atoms with Crippen LogP contribution in [0.15, 0.2) is 54.6 Å². The van der Waals surface area contributed by atoms with Crippen LogP contribution in [-0.2, 0) is 14.3 Å². The van der Waals surface area contributed by atoms with Crippen LogP contribution in [0.4, 0.5) is 9.18 Å². The maximum atomic E-state index is 12.9. The maximum absolute atomic E-state index is 12.9. The summed E-state index contributed by atoms with van der Waals surface area (Å²) in [5.74, 6) is -2.41. The van der Waals surface area contributed by atoms with Gasteiger partial charge in [0.2, 0.25) is 6.10 Å². The Hall–Kier alpha value is -3.55. The van der Waals surface area contributed by atoms with Gasteiger partial charge in [-0.1, -0.05) is 30.3 Å². The van der Waals surface area contributed by atoms with Gasteiger partial charge < -0.3 is 10.1 Å². The van der Waals surface area contributed by atoms with Crippen LogP contribution >= 0.6 is 0 Å². The van der Waals surface area contributed by atoms with E-state index in [9.17, 15) is 23.6 Å². The number of amides is 3. The average molecular weight is 400 g/mol. The number of imide groups is 1. The molecular weight excluding hydrogens is 379 g/mol. The Labute approximate surface area is 167 Å². The van der Waals surface area contributed by atoms with Crippen molar-refractivity contribution in [3.05, 3.63) is 71.5 Å². The molecule has 0 aliphatic rings. The Balaban J connectivity index is 2.01. The van der Waals surface area contributed by atoms with Gasteiger partial charge in [-0.3, -0.25) is 19.7 Å². The second-order valence-corrected chi connectivity index (χ2v) is 6.06. The molecular formula is C21H21FN2O5. The third-order valence-corrected chi connectivity index (χ3v) is 3.89. The van der Waals surface area contributed by atoms with E-state index in [0.717, 1.165) is 12.1 Å². The van der Waals surface area contributed by atoms with Gasteiger partial charge in [0.05, 0.1) is 6.42 Å². The number of rotatable bonds is 8. The third-order valence-electron chi connectivity index (χ3n) is 3.89. The predicted molar refractivity (Wildman–Crippen MR) is 102 cm³/mol. The number of urea groups is 1. The van der Waals surface area contributed by atoms with Crippen LogP contribution in [0.5, 0.6) is 0 Å². The SMILES string of the molecule is CCNC(=O)NC(=O)[C@H](OC(=O)CCC(=O)c1ccc(F)cc1)c1ccccc1. The van der Waals surface area contributed by atoms with Gasteiger partial charge in [-0.05, 0) is 31.2 Å². The predicted octanol–water partition coefficient (Wildman–Crippen LogP) is 2.92. The molecule has 3 amide bonds. The van der Waals surface area contributed by atoms with Crippen molar-refractivity contribution in [3.63, 3.8) is 0 Å². The number of esters is 1. The molecule has 1 atom stereocenters. The summed E-state index contributed by atoms with van der Waals surface area (Å²) in [5.41, 5.74) is 0.653. The molecule has 0 radical (unpaired) electrons. The standard InChI is InChI=1S/C21H21FN2O5/c1-2-23-21(28)24-20(27)19(15-6-4-3-5-7-15)29-18(26)13-12-17(25)14-8-10-16(22)11-9-14/h3-11,19H,2,12-13H2,1H3,(H2,23,24,27,28)/t19-/m1/s1. The van der Waals surface area contributed by atoms with Crippen LogP contribution in [0.1, 0.15) is 41.8 Å². The van der Waals surface area contributed by atoms with E-state index in [-0.39, 0.29) is 24.2 Å². The molecule has 2 N–H and O–H groups in total. The quantitative estimate of drug-likeness (QED) is 0.524. The van der Waals surface area contributed by atoms with Crippen molar-refractivity contribution < 1.29 is 28.3 Å². The maximum Gasteiger partial charge on any atom is 0.321 e. The van der Waals surface area contributed by atoms with Gasteiger partial charge in [0.25, 0.3) is 5.91 Å². The summed E-state index contributed by atoms with van der Waals surface area (Å²) in [5, 5.41) is 4.53. The topological polar surface area (TPSA) is 102 Å². The molecule has 29 heavy (non-hydrogen) atoms. The molecule has 7 nitrogen and oxygen atoms in total. The number of ether oxygens (including phenoxy) is 1. The smallest absolute Gasteiger partial charge is 0.321 e. The number of nitrogens with one attached hydrogen (secondary N) is 2. The lowest BCUT2D eigenvalue weighted by atomic mass is 10.1. The molecule has 0 spiro atoms. The summed E-state index contributed by atoms with van der Waals surface area (Å²) < 4.78 is 18.2. The minimum absolute atomic E-state index is 0.163. The molecule has 0 aliphatic carbocycles. The van der Waals surface area contributed by atoms with Gasteiger partial charge in [-0.15, -0.1) is 0 Å². The fourth-order valence-electron chi connectivity index (χ4n) is 2.47. The van der Waals surface area contributed by atoms with E-state index in [4.69, 9.17) is 4.74 Å². The molecule has 0 fully saturated rings. The van der Waals surface area contributed by atoms with Gasteiger partial charge in [0.1, 0.15) is 5.82 Å². The summed E-state index contributed by atoms with van der Waals surface area (Å²) in [6.45, 7) is 2.01. The lowest BCUT2D eigenvalue weighted by Gasteiger charge is -2.17. The Bertz CT molecular complexity index is 868. The van der Waals surface area contributed by atoms with Crippen LogP contribution in [0.3, 0.4) is 0 Å². The van der Waals surface area contributed by atoms with Crippen molar-refractivity contribution in [3.8, 4) is 0 Å². The summed E-state index contributed by atoms with van der Waals surface area (Å²) in [6, 6.07) is 12.5. The van der Waals surface area contributed by atoms with Crippen molar-refractivity contribution in [2.45, 2.75) is 25.9 Å². The first-order valence-corrected chi connectivity index (χ1v) is 9.02. The van der Waals surface area contributed by atoms with E-state index in [1.165, 1.54) is 12.1 Å². The first-order valence-electron chi connectivity index (χ1n) is 9.02. The molecule has 0 bridgehead atoms. The second kappa shape index (κ2) is 10.7. The van der Waals surface area contributed by atoms with Crippen molar-refractivity contribution >= 4 is 23.7 Å². The van der Waals surface area contributed by atoms with Gasteiger partial charge >= 0.3 is 12.0 Å². The minimum atomic E-state index is -1.34. The molecule has 0 aromatic heterocycles. The first-order chi connectivity index (χ1) is 13.9. The molecule has 0 saturated heterocycles. The highest BCUT2D eigenvalue weighted by molar-refractivity contribution is 5.99. The van der Waals surface area contributed by atoms with E-state index >= 15 is 0 Å². The van der Waals surface area contributed by atoms with Crippen molar-refractivity contribution in [1.29, 1.82) is 0 Å². The number of ketones is 1. The summed E-state index contributed by atoms with van der Waals surface area (Å²) >= 11 is 0. The highest BCUT2D eigenvalue weighted by Crippen LogP contribution is 2.19. The third kappa shape index (κ3) is 6.84. The van der Waals surface area contributed by atoms with Gasteiger partial charge in [-0.2, -0.15) is 0 Å². The average Bonchev–Trinajstić information content (AvgIpc) is 2.71. The highest BCUT2D eigenvalue weighted by atomic mass is 19.1. The number of benzene rings is 2. The summed E-state index contributed by atoms with van der Waals surface area (Å²) in [6.07, 6.45) is -1.77. The van der Waals surface area contributed by atoms with Crippen molar-refractivity contribution in [2.24, 2.45) is 0 Å². The van der Waals surface area contributed by atoms with Crippen LogP contribution in [0, 0.1) is 5.82 Å². The van der Waals surface area contributed by atoms with Crippen LogP contribution in [0.25, 0.3) is 0 Å². The Morgan fingerprint density at radius 2 is 1.62 bits per heavy atom. The Morgan fingerprint density at radius 1 is 0.966 bits per heavy atom. The first kappa shape index (κ1) is 21.7. The highest BCUT2D eigenvalue weighted by Gasteiger charge is 2.26. The van der Waals surface area contributed by atoms with Gasteiger partial charge in [0, 0.05) is 24.1 Å².